The number of nitro groups is 1. The molecule has 1 aromatic heterocycles. The minimum absolute atomic E-state index is 0.0185. The molecule has 1 amide bonds. The summed E-state index contributed by atoms with van der Waals surface area (Å²) in [7, 11) is 0. The molecule has 3 aromatic rings. The second kappa shape index (κ2) is 8.92. The third-order valence-corrected chi connectivity index (χ3v) is 4.82. The van der Waals surface area contributed by atoms with E-state index in [1.54, 1.807) is 24.3 Å². The minimum Gasteiger partial charge on any atom is -0.267 e. The van der Waals surface area contributed by atoms with Gasteiger partial charge in [-0.25, -0.2) is 5.43 Å². The summed E-state index contributed by atoms with van der Waals surface area (Å²) >= 11 is 1.32. The van der Waals surface area contributed by atoms with Crippen molar-refractivity contribution >= 4 is 29.6 Å². The Bertz CT molecular complexity index is 1020. The van der Waals surface area contributed by atoms with Gasteiger partial charge in [0.1, 0.15) is 0 Å². The zero-order valence-electron chi connectivity index (χ0n) is 14.9. The van der Waals surface area contributed by atoms with Crippen molar-refractivity contribution in [2.45, 2.75) is 16.7 Å². The molecule has 2 aromatic carbocycles. The minimum atomic E-state index is -0.427. The number of carbonyl (C=O) groups is 1. The Labute approximate surface area is 165 Å². The molecule has 0 aliphatic rings. The number of nitro benzene ring substituents is 1. The maximum Gasteiger partial charge on any atom is 0.283 e. The van der Waals surface area contributed by atoms with E-state index in [1.807, 2.05) is 31.2 Å². The molecule has 0 atom stereocenters. The van der Waals surface area contributed by atoms with Gasteiger partial charge in [-0.1, -0.05) is 35.5 Å². The first kappa shape index (κ1) is 19.2. The number of aromatic nitrogens is 1. The topological polar surface area (TPSA) is 97.5 Å². The summed E-state index contributed by atoms with van der Waals surface area (Å²) in [4.78, 5) is 28.2. The summed E-state index contributed by atoms with van der Waals surface area (Å²) in [5.41, 5.74) is 4.42. The van der Waals surface area contributed by atoms with Crippen LogP contribution in [0.2, 0.25) is 0 Å². The number of nitrogens with one attached hydrogen (secondary N) is 1. The van der Waals surface area contributed by atoms with E-state index in [1.165, 1.54) is 36.4 Å². The SMILES string of the molecule is Cc1ccc(Sc2ccc(/C=N/NC(=O)c3ccncc3)cc2[N+](=O)[O-])cc1. The van der Waals surface area contributed by atoms with Crippen molar-refractivity contribution in [2.24, 2.45) is 5.10 Å². The van der Waals surface area contributed by atoms with Crippen LogP contribution in [-0.2, 0) is 0 Å². The lowest BCUT2D eigenvalue weighted by Gasteiger charge is -2.05. The molecule has 0 aliphatic heterocycles. The van der Waals surface area contributed by atoms with Gasteiger partial charge in [-0.3, -0.25) is 19.9 Å². The van der Waals surface area contributed by atoms with Crippen LogP contribution in [0.4, 0.5) is 5.69 Å². The van der Waals surface area contributed by atoms with E-state index < -0.39 is 4.92 Å². The highest BCUT2D eigenvalue weighted by atomic mass is 32.2. The lowest BCUT2D eigenvalue weighted by atomic mass is 10.2. The molecule has 140 valence electrons. The normalized spacial score (nSPS) is 10.8. The van der Waals surface area contributed by atoms with E-state index >= 15 is 0 Å². The first-order valence-corrected chi connectivity index (χ1v) is 9.11. The predicted molar refractivity (Wildman–Crippen MR) is 108 cm³/mol. The van der Waals surface area contributed by atoms with E-state index in [0.29, 0.717) is 16.0 Å². The average Bonchev–Trinajstić information content (AvgIpc) is 2.71. The fraction of sp³-hybridized carbons (Fsp3) is 0.0500. The number of nitrogens with zero attached hydrogens (tertiary/aromatic N) is 3. The van der Waals surface area contributed by atoms with E-state index in [9.17, 15) is 14.9 Å². The summed E-state index contributed by atoms with van der Waals surface area (Å²) in [6.45, 7) is 1.98. The van der Waals surface area contributed by atoms with Gasteiger partial charge in [0.05, 0.1) is 16.0 Å². The van der Waals surface area contributed by atoms with Gasteiger partial charge in [-0.15, -0.1) is 0 Å². The van der Waals surface area contributed by atoms with Crippen LogP contribution >= 0.6 is 11.8 Å². The van der Waals surface area contributed by atoms with Crippen molar-refractivity contribution in [3.05, 3.63) is 93.8 Å². The smallest absolute Gasteiger partial charge is 0.267 e. The van der Waals surface area contributed by atoms with Crippen molar-refractivity contribution < 1.29 is 9.72 Å². The summed E-state index contributed by atoms with van der Waals surface area (Å²) < 4.78 is 0. The molecule has 0 radical (unpaired) electrons. The molecule has 0 aliphatic carbocycles. The number of carbonyl (C=O) groups excluding carboxylic acids is 1. The summed E-state index contributed by atoms with van der Waals surface area (Å²) in [6, 6.07) is 15.7. The third-order valence-electron chi connectivity index (χ3n) is 3.75. The maximum atomic E-state index is 11.9. The first-order valence-electron chi connectivity index (χ1n) is 8.29. The fourth-order valence-corrected chi connectivity index (χ4v) is 3.21. The second-order valence-corrected chi connectivity index (χ2v) is 6.95. The highest BCUT2D eigenvalue weighted by Crippen LogP contribution is 2.35. The average molecular weight is 392 g/mol. The van der Waals surface area contributed by atoms with Crippen LogP contribution in [0.15, 0.2) is 81.9 Å². The highest BCUT2D eigenvalue weighted by molar-refractivity contribution is 7.99. The van der Waals surface area contributed by atoms with Gasteiger partial charge in [-0.05, 0) is 37.3 Å². The molecule has 7 nitrogen and oxygen atoms in total. The van der Waals surface area contributed by atoms with Gasteiger partial charge in [-0.2, -0.15) is 5.10 Å². The van der Waals surface area contributed by atoms with Crippen molar-refractivity contribution in [1.82, 2.24) is 10.4 Å². The van der Waals surface area contributed by atoms with Gasteiger partial charge >= 0.3 is 0 Å². The molecule has 0 bridgehead atoms. The second-order valence-electron chi connectivity index (χ2n) is 5.83. The van der Waals surface area contributed by atoms with Crippen LogP contribution in [0.5, 0.6) is 0 Å². The maximum absolute atomic E-state index is 11.9. The van der Waals surface area contributed by atoms with Crippen LogP contribution in [0.3, 0.4) is 0 Å². The van der Waals surface area contributed by atoms with Crippen molar-refractivity contribution in [3.63, 3.8) is 0 Å². The van der Waals surface area contributed by atoms with Crippen LogP contribution in [-0.4, -0.2) is 22.0 Å². The van der Waals surface area contributed by atoms with Crippen molar-refractivity contribution in [1.29, 1.82) is 0 Å². The van der Waals surface area contributed by atoms with E-state index in [4.69, 9.17) is 0 Å². The Morgan fingerprint density at radius 2 is 1.86 bits per heavy atom. The third kappa shape index (κ3) is 5.01. The van der Waals surface area contributed by atoms with Gasteiger partial charge in [0, 0.05) is 34.5 Å². The van der Waals surface area contributed by atoms with Gasteiger partial charge in [0.25, 0.3) is 11.6 Å². The molecule has 1 heterocycles. The first-order chi connectivity index (χ1) is 13.5. The molecule has 0 fully saturated rings. The summed E-state index contributed by atoms with van der Waals surface area (Å²) in [6.07, 6.45) is 4.38. The molecule has 0 saturated heterocycles. The highest BCUT2D eigenvalue weighted by Gasteiger charge is 2.15. The van der Waals surface area contributed by atoms with Crippen molar-refractivity contribution in [3.8, 4) is 0 Å². The molecule has 3 rings (SSSR count). The Hall–Kier alpha value is -3.52. The number of hydrazone groups is 1. The number of aryl methyl sites for hydroxylation is 1. The molecule has 0 spiro atoms. The van der Waals surface area contributed by atoms with E-state index in [0.717, 1.165) is 10.5 Å². The Morgan fingerprint density at radius 1 is 1.14 bits per heavy atom. The molecule has 0 unspecified atom stereocenters. The monoisotopic (exact) mass is 392 g/mol. The number of rotatable bonds is 6. The van der Waals surface area contributed by atoms with Gasteiger partial charge in [0.2, 0.25) is 0 Å². The Morgan fingerprint density at radius 3 is 2.54 bits per heavy atom. The van der Waals surface area contributed by atoms with Crippen molar-refractivity contribution in [2.75, 3.05) is 0 Å². The van der Waals surface area contributed by atoms with Crippen LogP contribution in [0, 0.1) is 17.0 Å². The zero-order valence-corrected chi connectivity index (χ0v) is 15.7. The Kier molecular flexibility index (Phi) is 6.13. The largest absolute Gasteiger partial charge is 0.283 e. The molecule has 1 N–H and O–H groups in total. The van der Waals surface area contributed by atoms with E-state index in [-0.39, 0.29) is 11.6 Å². The molecular weight excluding hydrogens is 376 g/mol. The zero-order chi connectivity index (χ0) is 19.9. The summed E-state index contributed by atoms with van der Waals surface area (Å²) in [5.74, 6) is -0.389. The lowest BCUT2D eigenvalue weighted by molar-refractivity contribution is -0.387. The Balaban J connectivity index is 1.74. The number of benzene rings is 2. The van der Waals surface area contributed by atoms with E-state index in [2.05, 4.69) is 15.5 Å². The fourth-order valence-electron chi connectivity index (χ4n) is 2.31. The summed E-state index contributed by atoms with van der Waals surface area (Å²) in [5, 5.41) is 15.3. The van der Waals surface area contributed by atoms with Gasteiger partial charge in [0.15, 0.2) is 0 Å². The van der Waals surface area contributed by atoms with Gasteiger partial charge < -0.3 is 0 Å². The molecule has 28 heavy (non-hydrogen) atoms. The van der Waals surface area contributed by atoms with Crippen LogP contribution in [0.1, 0.15) is 21.5 Å². The number of amides is 1. The standard InChI is InChI=1S/C20H16N4O3S/c1-14-2-5-17(6-3-14)28-19-7-4-15(12-18(19)24(26)27)13-22-23-20(25)16-8-10-21-11-9-16/h2-13H,1H3,(H,23,25)/b22-13+. The quantitative estimate of drug-likeness (QED) is 0.385. The molecule has 0 saturated carbocycles. The lowest BCUT2D eigenvalue weighted by Crippen LogP contribution is -2.17. The molecule has 8 heteroatoms. The van der Waals surface area contributed by atoms with Crippen LogP contribution < -0.4 is 5.43 Å². The number of hydrogen-bond donors (Lipinski definition) is 1. The van der Waals surface area contributed by atoms with Crippen LogP contribution in [0.25, 0.3) is 0 Å². The predicted octanol–water partition coefficient (Wildman–Crippen LogP) is 4.21. The number of pyridine rings is 1. The molecular formula is C20H16N4O3S. The number of hydrogen-bond acceptors (Lipinski definition) is 6.